The van der Waals surface area contributed by atoms with Crippen LogP contribution in [0.15, 0.2) is 12.2 Å². The molecule has 0 radical (unpaired) electrons. The fraction of sp³-hybridized carbons (Fsp3) is 0.571. The summed E-state index contributed by atoms with van der Waals surface area (Å²) in [5.74, 6) is -1.71. The van der Waals surface area contributed by atoms with Crippen molar-refractivity contribution >= 4 is 5.97 Å². The molecule has 0 saturated heterocycles. The second-order valence-electron chi connectivity index (χ2n) is 2.14. The second kappa shape index (κ2) is 4.06. The summed E-state index contributed by atoms with van der Waals surface area (Å²) < 4.78 is 0. The van der Waals surface area contributed by atoms with Crippen molar-refractivity contribution in [3.63, 3.8) is 0 Å². The summed E-state index contributed by atoms with van der Waals surface area (Å²) >= 11 is 0. The molecule has 10 heavy (non-hydrogen) atoms. The first kappa shape index (κ1) is 9.17. The molecule has 0 aromatic carbocycles. The quantitative estimate of drug-likeness (QED) is 0.571. The van der Waals surface area contributed by atoms with Crippen molar-refractivity contribution < 1.29 is 15.0 Å². The maximum Gasteiger partial charge on any atom is 0.309 e. The summed E-state index contributed by atoms with van der Waals surface area (Å²) in [5.41, 5.74) is 0. The number of hydrogen-bond donors (Lipinski definition) is 2. The molecule has 0 spiro atoms. The number of aliphatic hydroxyl groups excluding tert-OH is 1. The van der Waals surface area contributed by atoms with Gasteiger partial charge in [-0.15, -0.1) is 0 Å². The molecule has 0 bridgehead atoms. The molecule has 0 aliphatic carbocycles. The van der Waals surface area contributed by atoms with Crippen molar-refractivity contribution in [3.05, 3.63) is 12.2 Å². The highest BCUT2D eigenvalue weighted by molar-refractivity contribution is 5.70. The van der Waals surface area contributed by atoms with Gasteiger partial charge in [0.2, 0.25) is 0 Å². The SMILES string of the molecule is CC=C[C@@H](O)[C@@H](C)C(=O)O. The number of carboxylic acid groups (broad SMARTS) is 1. The van der Waals surface area contributed by atoms with Crippen molar-refractivity contribution in [2.24, 2.45) is 5.92 Å². The lowest BCUT2D eigenvalue weighted by molar-refractivity contribution is -0.143. The number of aliphatic hydroxyl groups is 1. The Balaban J connectivity index is 3.93. The van der Waals surface area contributed by atoms with Crippen molar-refractivity contribution in [3.8, 4) is 0 Å². The molecule has 2 atom stereocenters. The van der Waals surface area contributed by atoms with E-state index in [1.807, 2.05) is 0 Å². The Morgan fingerprint density at radius 3 is 2.40 bits per heavy atom. The Morgan fingerprint density at radius 2 is 2.10 bits per heavy atom. The third kappa shape index (κ3) is 2.64. The normalized spacial score (nSPS) is 17.1. The second-order valence-corrected chi connectivity index (χ2v) is 2.14. The molecular formula is C7H12O3. The smallest absolute Gasteiger partial charge is 0.309 e. The monoisotopic (exact) mass is 144 g/mol. The van der Waals surface area contributed by atoms with Crippen LogP contribution in [-0.2, 0) is 4.79 Å². The van der Waals surface area contributed by atoms with E-state index in [0.717, 1.165) is 0 Å². The lowest BCUT2D eigenvalue weighted by Crippen LogP contribution is -2.23. The molecule has 0 fully saturated rings. The highest BCUT2D eigenvalue weighted by Gasteiger charge is 2.17. The summed E-state index contributed by atoms with van der Waals surface area (Å²) in [7, 11) is 0. The predicted octanol–water partition coefficient (Wildman–Crippen LogP) is 0.644. The van der Waals surface area contributed by atoms with Gasteiger partial charge >= 0.3 is 5.97 Å². The highest BCUT2D eigenvalue weighted by atomic mass is 16.4. The molecule has 0 heterocycles. The van der Waals surface area contributed by atoms with E-state index in [9.17, 15) is 4.79 Å². The van der Waals surface area contributed by atoms with Gasteiger partial charge in [-0.1, -0.05) is 12.2 Å². The summed E-state index contributed by atoms with van der Waals surface area (Å²) in [6, 6.07) is 0. The predicted molar refractivity (Wildman–Crippen MR) is 37.6 cm³/mol. The minimum absolute atomic E-state index is 0.726. The van der Waals surface area contributed by atoms with Crippen LogP contribution in [0.3, 0.4) is 0 Å². The number of aliphatic carboxylic acids is 1. The zero-order valence-electron chi connectivity index (χ0n) is 6.11. The van der Waals surface area contributed by atoms with E-state index >= 15 is 0 Å². The van der Waals surface area contributed by atoms with E-state index < -0.39 is 18.0 Å². The van der Waals surface area contributed by atoms with Crippen LogP contribution < -0.4 is 0 Å². The van der Waals surface area contributed by atoms with Crippen LogP contribution in [0.25, 0.3) is 0 Å². The van der Waals surface area contributed by atoms with E-state index in [1.165, 1.54) is 13.0 Å². The summed E-state index contributed by atoms with van der Waals surface area (Å²) in [5, 5.41) is 17.4. The maximum atomic E-state index is 10.2. The van der Waals surface area contributed by atoms with Gasteiger partial charge in [0.25, 0.3) is 0 Å². The van der Waals surface area contributed by atoms with Crippen LogP contribution in [0.5, 0.6) is 0 Å². The van der Waals surface area contributed by atoms with Gasteiger partial charge < -0.3 is 10.2 Å². The van der Waals surface area contributed by atoms with Gasteiger partial charge in [-0.25, -0.2) is 0 Å². The molecule has 0 aromatic heterocycles. The van der Waals surface area contributed by atoms with Crippen molar-refractivity contribution in [1.29, 1.82) is 0 Å². The van der Waals surface area contributed by atoms with E-state index in [2.05, 4.69) is 0 Å². The maximum absolute atomic E-state index is 10.2. The van der Waals surface area contributed by atoms with E-state index in [1.54, 1.807) is 13.0 Å². The average molecular weight is 144 g/mol. The standard InChI is InChI=1S/C7H12O3/c1-3-4-6(8)5(2)7(9)10/h3-6,8H,1-2H3,(H,9,10)/t5-,6-/m1/s1. The Labute approximate surface area is 60.0 Å². The molecule has 0 aliphatic rings. The van der Waals surface area contributed by atoms with Gasteiger partial charge in [0.05, 0.1) is 12.0 Å². The first-order valence-corrected chi connectivity index (χ1v) is 3.13. The topological polar surface area (TPSA) is 57.5 Å². The van der Waals surface area contributed by atoms with Crippen LogP contribution in [0, 0.1) is 5.92 Å². The van der Waals surface area contributed by atoms with Crippen LogP contribution >= 0.6 is 0 Å². The van der Waals surface area contributed by atoms with Gasteiger partial charge in [-0.3, -0.25) is 4.79 Å². The number of carbonyl (C=O) groups is 1. The molecule has 0 amide bonds. The molecule has 3 nitrogen and oxygen atoms in total. The van der Waals surface area contributed by atoms with Crippen molar-refractivity contribution in [1.82, 2.24) is 0 Å². The summed E-state index contributed by atoms with van der Waals surface area (Å²) in [4.78, 5) is 10.2. The number of allylic oxidation sites excluding steroid dienone is 1. The zero-order chi connectivity index (χ0) is 8.15. The minimum atomic E-state index is -0.981. The lowest BCUT2D eigenvalue weighted by Gasteiger charge is -2.08. The summed E-state index contributed by atoms with van der Waals surface area (Å²) in [6.45, 7) is 3.20. The Morgan fingerprint density at radius 1 is 1.60 bits per heavy atom. The fourth-order valence-corrected chi connectivity index (χ4v) is 0.510. The van der Waals surface area contributed by atoms with E-state index in [0.29, 0.717) is 0 Å². The van der Waals surface area contributed by atoms with Crippen molar-refractivity contribution in [2.75, 3.05) is 0 Å². The van der Waals surface area contributed by atoms with Gasteiger partial charge in [0.15, 0.2) is 0 Å². The highest BCUT2D eigenvalue weighted by Crippen LogP contribution is 2.03. The minimum Gasteiger partial charge on any atom is -0.481 e. The molecule has 58 valence electrons. The van der Waals surface area contributed by atoms with Crippen molar-refractivity contribution in [2.45, 2.75) is 20.0 Å². The van der Waals surface area contributed by atoms with Gasteiger partial charge in [-0.2, -0.15) is 0 Å². The molecule has 0 aliphatic heterocycles. The molecular weight excluding hydrogens is 132 g/mol. The molecule has 2 N–H and O–H groups in total. The van der Waals surface area contributed by atoms with Crippen LogP contribution in [0.1, 0.15) is 13.8 Å². The Hall–Kier alpha value is -0.830. The number of carboxylic acids is 1. The zero-order valence-corrected chi connectivity index (χ0v) is 6.11. The number of hydrogen-bond acceptors (Lipinski definition) is 2. The molecule has 0 saturated carbocycles. The van der Waals surface area contributed by atoms with Gasteiger partial charge in [0, 0.05) is 0 Å². The van der Waals surface area contributed by atoms with E-state index in [4.69, 9.17) is 10.2 Å². The first-order chi connectivity index (χ1) is 4.59. The number of rotatable bonds is 3. The average Bonchev–Trinajstić information content (AvgIpc) is 1.87. The third-order valence-corrected chi connectivity index (χ3v) is 1.29. The third-order valence-electron chi connectivity index (χ3n) is 1.29. The summed E-state index contributed by atoms with van der Waals surface area (Å²) in [6.07, 6.45) is 2.21. The van der Waals surface area contributed by atoms with Crippen LogP contribution in [0.2, 0.25) is 0 Å². The van der Waals surface area contributed by atoms with Gasteiger partial charge in [-0.05, 0) is 13.8 Å². The first-order valence-electron chi connectivity index (χ1n) is 3.13. The molecule has 0 aromatic rings. The molecule has 3 heteroatoms. The van der Waals surface area contributed by atoms with Gasteiger partial charge in [0.1, 0.15) is 0 Å². The van der Waals surface area contributed by atoms with Crippen LogP contribution in [-0.4, -0.2) is 22.3 Å². The van der Waals surface area contributed by atoms with E-state index in [-0.39, 0.29) is 0 Å². The molecule has 0 unspecified atom stereocenters. The molecule has 0 rings (SSSR count). The Bertz CT molecular complexity index is 140. The Kier molecular flexibility index (Phi) is 3.72. The lowest BCUT2D eigenvalue weighted by atomic mass is 10.1. The largest absolute Gasteiger partial charge is 0.481 e. The van der Waals surface area contributed by atoms with Crippen LogP contribution in [0.4, 0.5) is 0 Å². The fourth-order valence-electron chi connectivity index (χ4n) is 0.510.